The van der Waals surface area contributed by atoms with Crippen LogP contribution in [0, 0.1) is 0 Å². The SMILES string of the molecule is O=C(O)c1cc(S(=O)(=O)NCC(F)F)c(Br)o1. The van der Waals surface area contributed by atoms with E-state index < -0.39 is 39.6 Å². The molecule has 10 heteroatoms. The minimum absolute atomic E-state index is 0.364. The van der Waals surface area contributed by atoms with E-state index in [2.05, 4.69) is 20.3 Å². The maximum atomic E-state index is 11.9. The summed E-state index contributed by atoms with van der Waals surface area (Å²) in [6.45, 7) is -1.07. The molecule has 0 fully saturated rings. The summed E-state index contributed by atoms with van der Waals surface area (Å²) in [5.74, 6) is -2.09. The monoisotopic (exact) mass is 333 g/mol. The van der Waals surface area contributed by atoms with Crippen LogP contribution in [0.4, 0.5) is 8.78 Å². The largest absolute Gasteiger partial charge is 0.475 e. The fraction of sp³-hybridized carbons (Fsp3) is 0.286. The minimum atomic E-state index is -4.23. The number of hydrogen-bond donors (Lipinski definition) is 2. The zero-order chi connectivity index (χ0) is 13.2. The van der Waals surface area contributed by atoms with E-state index in [1.807, 2.05) is 0 Å². The van der Waals surface area contributed by atoms with Crippen LogP contribution in [0.2, 0.25) is 0 Å². The van der Waals surface area contributed by atoms with Crippen LogP contribution in [0.1, 0.15) is 10.6 Å². The summed E-state index contributed by atoms with van der Waals surface area (Å²) in [5, 5.41) is 8.56. The molecule has 1 heterocycles. The van der Waals surface area contributed by atoms with Gasteiger partial charge in [-0.15, -0.1) is 0 Å². The number of furan rings is 1. The summed E-state index contributed by atoms with van der Waals surface area (Å²) in [7, 11) is -4.23. The number of carbonyl (C=O) groups is 1. The van der Waals surface area contributed by atoms with Crippen LogP contribution >= 0.6 is 15.9 Å². The molecule has 0 saturated heterocycles. The van der Waals surface area contributed by atoms with Crippen LogP contribution in [-0.4, -0.2) is 32.5 Å². The molecule has 0 radical (unpaired) electrons. The summed E-state index contributed by atoms with van der Waals surface area (Å²) in [4.78, 5) is 9.96. The van der Waals surface area contributed by atoms with Gasteiger partial charge in [-0.2, -0.15) is 0 Å². The smallest absolute Gasteiger partial charge is 0.371 e. The summed E-state index contributed by atoms with van der Waals surface area (Å²) < 4.78 is 52.5. The van der Waals surface area contributed by atoms with Crippen LogP contribution in [0.15, 0.2) is 20.0 Å². The third-order valence-corrected chi connectivity index (χ3v) is 3.86. The molecule has 0 aliphatic heterocycles. The molecule has 0 aliphatic rings. The van der Waals surface area contributed by atoms with Crippen molar-refractivity contribution in [2.75, 3.05) is 6.54 Å². The van der Waals surface area contributed by atoms with Crippen molar-refractivity contribution >= 4 is 31.9 Å². The fourth-order valence-electron chi connectivity index (χ4n) is 0.891. The molecule has 2 N–H and O–H groups in total. The van der Waals surface area contributed by atoms with Crippen molar-refractivity contribution in [3.05, 3.63) is 16.5 Å². The Morgan fingerprint density at radius 3 is 2.59 bits per heavy atom. The van der Waals surface area contributed by atoms with Crippen molar-refractivity contribution in [2.24, 2.45) is 0 Å². The lowest BCUT2D eigenvalue weighted by Crippen LogP contribution is -2.28. The molecule has 6 nitrogen and oxygen atoms in total. The molecule has 0 aromatic carbocycles. The molecule has 96 valence electrons. The van der Waals surface area contributed by atoms with E-state index in [0.29, 0.717) is 0 Å². The van der Waals surface area contributed by atoms with Gasteiger partial charge in [-0.05, 0) is 15.9 Å². The number of halogens is 3. The Balaban J connectivity index is 3.03. The Kier molecular flexibility index (Phi) is 4.22. The Morgan fingerprint density at radius 1 is 1.59 bits per heavy atom. The first-order chi connectivity index (χ1) is 7.74. The minimum Gasteiger partial charge on any atom is -0.475 e. The molecular formula is C7H6BrF2NO5S. The Labute approximate surface area is 103 Å². The molecule has 1 aromatic rings. The maximum absolute atomic E-state index is 11.9. The van der Waals surface area contributed by atoms with Gasteiger partial charge in [0.15, 0.2) is 4.67 Å². The van der Waals surface area contributed by atoms with Gasteiger partial charge >= 0.3 is 5.97 Å². The number of nitrogens with one attached hydrogen (secondary N) is 1. The second-order valence-electron chi connectivity index (χ2n) is 2.80. The van der Waals surface area contributed by atoms with Crippen molar-refractivity contribution < 1.29 is 31.5 Å². The zero-order valence-corrected chi connectivity index (χ0v) is 10.4. The standard InChI is InChI=1S/C7H6BrF2NO5S/c8-6-4(1-3(16-6)7(12)13)17(14,15)11-2-5(9)10/h1,5,11H,2H2,(H,12,13). The maximum Gasteiger partial charge on any atom is 0.371 e. The van der Waals surface area contributed by atoms with Crippen LogP contribution in [0.25, 0.3) is 0 Å². The second kappa shape index (κ2) is 5.10. The third kappa shape index (κ3) is 3.48. The van der Waals surface area contributed by atoms with Crippen LogP contribution < -0.4 is 4.72 Å². The summed E-state index contributed by atoms with van der Waals surface area (Å²) in [6, 6.07) is 0.722. The summed E-state index contributed by atoms with van der Waals surface area (Å²) in [5.41, 5.74) is 0. The third-order valence-electron chi connectivity index (χ3n) is 1.58. The van der Waals surface area contributed by atoms with Crippen molar-refractivity contribution in [3.8, 4) is 0 Å². The first-order valence-electron chi connectivity index (χ1n) is 4.04. The first kappa shape index (κ1) is 14.1. The van der Waals surface area contributed by atoms with E-state index in [1.165, 1.54) is 0 Å². The van der Waals surface area contributed by atoms with Gasteiger partial charge in [0.1, 0.15) is 4.90 Å². The van der Waals surface area contributed by atoms with Crippen molar-refractivity contribution in [1.82, 2.24) is 4.72 Å². The number of alkyl halides is 2. The second-order valence-corrected chi connectivity index (χ2v) is 5.25. The predicted molar refractivity (Wildman–Crippen MR) is 54.6 cm³/mol. The highest BCUT2D eigenvalue weighted by Crippen LogP contribution is 2.26. The topological polar surface area (TPSA) is 96.6 Å². The molecule has 17 heavy (non-hydrogen) atoms. The van der Waals surface area contributed by atoms with Crippen molar-refractivity contribution in [3.63, 3.8) is 0 Å². The van der Waals surface area contributed by atoms with Crippen LogP contribution in [0.5, 0.6) is 0 Å². The van der Waals surface area contributed by atoms with Crippen LogP contribution in [0.3, 0.4) is 0 Å². The van der Waals surface area contributed by atoms with Gasteiger partial charge in [-0.3, -0.25) is 0 Å². The molecule has 0 aliphatic carbocycles. The van der Waals surface area contributed by atoms with Gasteiger partial charge in [0.25, 0.3) is 6.43 Å². The number of carboxylic acid groups (broad SMARTS) is 1. The van der Waals surface area contributed by atoms with Gasteiger partial charge in [0, 0.05) is 6.07 Å². The lowest BCUT2D eigenvalue weighted by molar-refractivity contribution is 0.0661. The van der Waals surface area contributed by atoms with E-state index in [9.17, 15) is 22.0 Å². The van der Waals surface area contributed by atoms with Gasteiger partial charge in [0.2, 0.25) is 15.8 Å². The lowest BCUT2D eigenvalue weighted by Gasteiger charge is -2.03. The van der Waals surface area contributed by atoms with E-state index in [-0.39, 0.29) is 4.67 Å². The molecule has 0 saturated carbocycles. The normalized spacial score (nSPS) is 12.0. The number of aromatic carboxylic acids is 1. The highest BCUT2D eigenvalue weighted by Gasteiger charge is 2.25. The number of rotatable bonds is 5. The molecule has 1 aromatic heterocycles. The molecule has 0 amide bonds. The van der Waals surface area contributed by atoms with Gasteiger partial charge < -0.3 is 9.52 Å². The number of sulfonamides is 1. The predicted octanol–water partition coefficient (Wildman–Crippen LogP) is 1.28. The van der Waals surface area contributed by atoms with Gasteiger partial charge in [-0.1, -0.05) is 0 Å². The molecule has 0 bridgehead atoms. The molecular weight excluding hydrogens is 328 g/mol. The van der Waals surface area contributed by atoms with E-state index in [4.69, 9.17) is 5.11 Å². The highest BCUT2D eigenvalue weighted by molar-refractivity contribution is 9.10. The fourth-order valence-corrected chi connectivity index (χ4v) is 2.84. The quantitative estimate of drug-likeness (QED) is 0.846. The molecule has 0 unspecified atom stereocenters. The molecule has 1 rings (SSSR count). The first-order valence-corrected chi connectivity index (χ1v) is 6.32. The molecule has 0 spiro atoms. The summed E-state index contributed by atoms with van der Waals surface area (Å²) >= 11 is 2.69. The lowest BCUT2D eigenvalue weighted by atomic mass is 10.5. The van der Waals surface area contributed by atoms with Gasteiger partial charge in [-0.25, -0.2) is 26.7 Å². The average molecular weight is 334 g/mol. The van der Waals surface area contributed by atoms with Crippen LogP contribution in [-0.2, 0) is 10.0 Å². The Bertz CT molecular complexity index is 526. The Hall–Kier alpha value is -1.00. The average Bonchev–Trinajstić information content (AvgIpc) is 2.58. The molecule has 0 atom stereocenters. The highest BCUT2D eigenvalue weighted by atomic mass is 79.9. The van der Waals surface area contributed by atoms with E-state index in [0.717, 1.165) is 6.07 Å². The zero-order valence-electron chi connectivity index (χ0n) is 7.98. The van der Waals surface area contributed by atoms with Crippen molar-refractivity contribution in [1.29, 1.82) is 0 Å². The van der Waals surface area contributed by atoms with E-state index >= 15 is 0 Å². The van der Waals surface area contributed by atoms with E-state index in [1.54, 1.807) is 4.72 Å². The number of carboxylic acids is 1. The summed E-state index contributed by atoms with van der Waals surface area (Å²) in [6.07, 6.45) is -2.85. The van der Waals surface area contributed by atoms with Gasteiger partial charge in [0.05, 0.1) is 6.54 Å². The number of hydrogen-bond acceptors (Lipinski definition) is 4. The van der Waals surface area contributed by atoms with Crippen molar-refractivity contribution in [2.45, 2.75) is 11.3 Å². The Morgan fingerprint density at radius 2 is 2.18 bits per heavy atom.